The topological polar surface area (TPSA) is 52.3 Å². The van der Waals surface area contributed by atoms with Gasteiger partial charge in [-0.05, 0) is 30.0 Å². The van der Waals surface area contributed by atoms with Crippen molar-refractivity contribution in [2.24, 2.45) is 11.7 Å². The van der Waals surface area contributed by atoms with Crippen LogP contribution in [-0.4, -0.2) is 13.1 Å². The summed E-state index contributed by atoms with van der Waals surface area (Å²) in [6.45, 7) is 4.06. The van der Waals surface area contributed by atoms with E-state index in [1.165, 1.54) is 7.11 Å². The Morgan fingerprint density at radius 3 is 2.35 bits per heavy atom. The van der Waals surface area contributed by atoms with Gasteiger partial charge >= 0.3 is 5.97 Å². The highest BCUT2D eigenvalue weighted by molar-refractivity contribution is 9.10. The second-order valence-corrected chi connectivity index (χ2v) is 5.48. The van der Waals surface area contributed by atoms with E-state index in [1.54, 1.807) is 0 Å². The maximum Gasteiger partial charge on any atom is 0.330 e. The van der Waals surface area contributed by atoms with Crippen LogP contribution in [0.1, 0.15) is 25.8 Å². The van der Waals surface area contributed by atoms with Gasteiger partial charge in [0, 0.05) is 4.47 Å². The zero-order valence-electron chi connectivity index (χ0n) is 10.4. The van der Waals surface area contributed by atoms with E-state index in [9.17, 15) is 4.79 Å². The van der Waals surface area contributed by atoms with Crippen molar-refractivity contribution in [1.82, 2.24) is 0 Å². The largest absolute Gasteiger partial charge is 0.467 e. The molecule has 1 aromatic carbocycles. The Hall–Kier alpha value is -0.870. The van der Waals surface area contributed by atoms with Crippen molar-refractivity contribution in [2.75, 3.05) is 7.11 Å². The minimum absolute atomic E-state index is 0.308. The van der Waals surface area contributed by atoms with E-state index in [-0.39, 0.29) is 0 Å². The van der Waals surface area contributed by atoms with Gasteiger partial charge in [-0.3, -0.25) is 0 Å². The van der Waals surface area contributed by atoms with Gasteiger partial charge in [0.1, 0.15) is 5.54 Å². The van der Waals surface area contributed by atoms with Crippen LogP contribution in [0.4, 0.5) is 0 Å². The maximum absolute atomic E-state index is 11.9. The second-order valence-electron chi connectivity index (χ2n) is 4.57. The highest BCUT2D eigenvalue weighted by atomic mass is 79.9. The molecule has 0 aliphatic rings. The fraction of sp³-hybridized carbons (Fsp3) is 0.462. The number of methoxy groups -OCH3 is 1. The monoisotopic (exact) mass is 299 g/mol. The average Bonchev–Trinajstić information content (AvgIpc) is 2.27. The third-order valence-corrected chi connectivity index (χ3v) is 3.17. The summed E-state index contributed by atoms with van der Waals surface area (Å²) in [4.78, 5) is 11.9. The Kier molecular flexibility index (Phi) is 4.71. The molecule has 0 saturated carbocycles. The van der Waals surface area contributed by atoms with Crippen LogP contribution >= 0.6 is 15.9 Å². The van der Waals surface area contributed by atoms with E-state index in [4.69, 9.17) is 10.5 Å². The van der Waals surface area contributed by atoms with Crippen LogP contribution in [0.5, 0.6) is 0 Å². The first-order valence-electron chi connectivity index (χ1n) is 5.53. The van der Waals surface area contributed by atoms with Gasteiger partial charge in [0.25, 0.3) is 0 Å². The summed E-state index contributed by atoms with van der Waals surface area (Å²) in [5, 5.41) is 0. The molecule has 0 unspecified atom stereocenters. The predicted octanol–water partition coefficient (Wildman–Crippen LogP) is 2.82. The summed E-state index contributed by atoms with van der Waals surface area (Å²) < 4.78 is 5.78. The van der Waals surface area contributed by atoms with Gasteiger partial charge in [-0.1, -0.05) is 41.9 Å². The molecule has 0 fully saturated rings. The highest BCUT2D eigenvalue weighted by Crippen LogP contribution is 2.28. The third-order valence-electron chi connectivity index (χ3n) is 2.64. The molecule has 0 radical (unpaired) electrons. The van der Waals surface area contributed by atoms with Crippen LogP contribution in [0, 0.1) is 5.92 Å². The van der Waals surface area contributed by atoms with E-state index in [0.717, 1.165) is 10.0 Å². The van der Waals surface area contributed by atoms with Crippen molar-refractivity contribution < 1.29 is 9.53 Å². The molecular formula is C13H18BrNO2. The summed E-state index contributed by atoms with van der Waals surface area (Å²) in [6, 6.07) is 7.45. The molecule has 1 aromatic rings. The van der Waals surface area contributed by atoms with Crippen LogP contribution in [0.25, 0.3) is 0 Å². The highest BCUT2D eigenvalue weighted by Gasteiger charge is 2.37. The Morgan fingerprint density at radius 1 is 1.41 bits per heavy atom. The van der Waals surface area contributed by atoms with E-state index >= 15 is 0 Å². The van der Waals surface area contributed by atoms with E-state index in [1.807, 2.05) is 38.1 Å². The molecule has 3 nitrogen and oxygen atoms in total. The maximum atomic E-state index is 11.9. The summed E-state index contributed by atoms with van der Waals surface area (Å²) in [5.41, 5.74) is 5.95. The lowest BCUT2D eigenvalue weighted by atomic mass is 9.83. The zero-order chi connectivity index (χ0) is 13.1. The van der Waals surface area contributed by atoms with E-state index in [0.29, 0.717) is 12.3 Å². The quantitative estimate of drug-likeness (QED) is 0.870. The molecular weight excluding hydrogens is 282 g/mol. The first kappa shape index (κ1) is 14.2. The molecule has 0 aromatic heterocycles. The van der Waals surface area contributed by atoms with Crippen LogP contribution in [0.2, 0.25) is 0 Å². The lowest BCUT2D eigenvalue weighted by molar-refractivity contribution is -0.148. The van der Waals surface area contributed by atoms with Gasteiger partial charge in [0.15, 0.2) is 0 Å². The minimum Gasteiger partial charge on any atom is -0.467 e. The first-order chi connectivity index (χ1) is 7.90. The van der Waals surface area contributed by atoms with Crippen molar-refractivity contribution in [3.05, 3.63) is 34.3 Å². The Bertz CT molecular complexity index is 389. The van der Waals surface area contributed by atoms with Gasteiger partial charge in [-0.2, -0.15) is 0 Å². The number of ether oxygens (including phenoxy) is 1. The Balaban J connectivity index is 3.13. The predicted molar refractivity (Wildman–Crippen MR) is 71.5 cm³/mol. The Morgan fingerprint density at radius 2 is 1.94 bits per heavy atom. The minimum atomic E-state index is -1.07. The number of nitrogens with two attached hydrogens (primary N) is 1. The number of carbonyl (C=O) groups is 1. The molecule has 0 aliphatic carbocycles. The van der Waals surface area contributed by atoms with Crippen LogP contribution in [0.15, 0.2) is 28.7 Å². The fourth-order valence-electron chi connectivity index (χ4n) is 1.89. The van der Waals surface area contributed by atoms with Gasteiger partial charge in [-0.25, -0.2) is 4.79 Å². The van der Waals surface area contributed by atoms with Crippen molar-refractivity contribution in [3.8, 4) is 0 Å². The summed E-state index contributed by atoms with van der Waals surface area (Å²) in [5.74, 6) is -0.0868. The smallest absolute Gasteiger partial charge is 0.330 e. The standard InChI is InChI=1S/C13H18BrNO2/c1-9(2)8-13(15,12(16)17-3)10-4-6-11(14)7-5-10/h4-7,9H,8,15H2,1-3H3/t13-/m1/s1. The molecule has 17 heavy (non-hydrogen) atoms. The molecule has 0 bridgehead atoms. The first-order valence-corrected chi connectivity index (χ1v) is 6.33. The van der Waals surface area contributed by atoms with Crippen molar-refractivity contribution in [1.29, 1.82) is 0 Å². The third kappa shape index (κ3) is 3.30. The van der Waals surface area contributed by atoms with Gasteiger partial charge < -0.3 is 10.5 Å². The molecule has 2 N–H and O–H groups in total. The number of benzene rings is 1. The normalized spacial score (nSPS) is 14.5. The van der Waals surface area contributed by atoms with Gasteiger partial charge in [0.2, 0.25) is 0 Å². The molecule has 0 amide bonds. The fourth-order valence-corrected chi connectivity index (χ4v) is 2.16. The molecule has 1 atom stereocenters. The molecule has 94 valence electrons. The lowest BCUT2D eigenvalue weighted by Gasteiger charge is -2.28. The average molecular weight is 300 g/mol. The molecule has 0 spiro atoms. The summed E-state index contributed by atoms with van der Waals surface area (Å²) in [7, 11) is 1.36. The van der Waals surface area contributed by atoms with Crippen LogP contribution in [0.3, 0.4) is 0 Å². The molecule has 0 aliphatic heterocycles. The number of rotatable bonds is 4. The summed E-state index contributed by atoms with van der Waals surface area (Å²) >= 11 is 3.36. The SMILES string of the molecule is COC(=O)[C@@](N)(CC(C)C)c1ccc(Br)cc1. The van der Waals surface area contributed by atoms with E-state index < -0.39 is 11.5 Å². The number of hydrogen-bond donors (Lipinski definition) is 1. The molecule has 4 heteroatoms. The lowest BCUT2D eigenvalue weighted by Crippen LogP contribution is -2.46. The van der Waals surface area contributed by atoms with Crippen molar-refractivity contribution >= 4 is 21.9 Å². The van der Waals surface area contributed by atoms with Crippen LogP contribution in [-0.2, 0) is 15.1 Å². The van der Waals surface area contributed by atoms with Crippen molar-refractivity contribution in [2.45, 2.75) is 25.8 Å². The number of esters is 1. The van der Waals surface area contributed by atoms with Gasteiger partial charge in [-0.15, -0.1) is 0 Å². The summed E-state index contributed by atoms with van der Waals surface area (Å²) in [6.07, 6.45) is 0.557. The number of hydrogen-bond acceptors (Lipinski definition) is 3. The van der Waals surface area contributed by atoms with Crippen molar-refractivity contribution in [3.63, 3.8) is 0 Å². The number of carbonyl (C=O) groups excluding carboxylic acids is 1. The van der Waals surface area contributed by atoms with Crippen LogP contribution < -0.4 is 5.73 Å². The second kappa shape index (κ2) is 5.65. The number of halogens is 1. The van der Waals surface area contributed by atoms with Gasteiger partial charge in [0.05, 0.1) is 7.11 Å². The Labute approximate surface area is 110 Å². The molecule has 1 rings (SSSR count). The molecule has 0 heterocycles. The molecule has 0 saturated heterocycles. The van der Waals surface area contributed by atoms with E-state index in [2.05, 4.69) is 15.9 Å². The zero-order valence-corrected chi connectivity index (χ0v) is 12.0.